The van der Waals surface area contributed by atoms with Gasteiger partial charge in [0.2, 0.25) is 0 Å². The molecule has 1 heteroatoms. The molecule has 1 nitrogen and oxygen atoms in total. The van der Waals surface area contributed by atoms with E-state index in [1.807, 2.05) is 0 Å². The van der Waals surface area contributed by atoms with Gasteiger partial charge in [-0.2, -0.15) is 0 Å². The Balaban J connectivity index is 2.31. The maximum absolute atomic E-state index is 5.45. The molecule has 0 atom stereocenters. The zero-order valence-corrected chi connectivity index (χ0v) is 15.3. The van der Waals surface area contributed by atoms with Crippen LogP contribution < -0.4 is 0 Å². The second-order valence-corrected chi connectivity index (χ2v) is 6.35. The summed E-state index contributed by atoms with van der Waals surface area (Å²) in [6, 6.07) is 11.4. The van der Waals surface area contributed by atoms with Crippen LogP contribution in [0.3, 0.4) is 0 Å². The Labute approximate surface area is 141 Å². The molecule has 0 amide bonds. The van der Waals surface area contributed by atoms with E-state index in [2.05, 4.69) is 65.0 Å². The fourth-order valence-corrected chi connectivity index (χ4v) is 3.48. The molecule has 2 rings (SSSR count). The minimum atomic E-state index is 0.810. The van der Waals surface area contributed by atoms with E-state index >= 15 is 0 Å². The van der Waals surface area contributed by atoms with Crippen LogP contribution in [0, 0.1) is 20.8 Å². The summed E-state index contributed by atoms with van der Waals surface area (Å²) in [5.74, 6) is 0. The van der Waals surface area contributed by atoms with Gasteiger partial charge in [0.1, 0.15) is 0 Å². The highest BCUT2D eigenvalue weighted by molar-refractivity contribution is 5.75. The third-order valence-corrected chi connectivity index (χ3v) is 4.65. The van der Waals surface area contributed by atoms with E-state index in [1.54, 1.807) is 0 Å². The molecule has 0 bridgehead atoms. The molecular weight excluding hydrogens is 280 g/mol. The molecule has 0 fully saturated rings. The second kappa shape index (κ2) is 8.31. The molecular formula is C22H30O. The highest BCUT2D eigenvalue weighted by Crippen LogP contribution is 2.32. The number of benzene rings is 2. The van der Waals surface area contributed by atoms with E-state index in [1.165, 1.54) is 38.9 Å². The van der Waals surface area contributed by atoms with Gasteiger partial charge in [0, 0.05) is 13.2 Å². The molecule has 124 valence electrons. The first-order valence-corrected chi connectivity index (χ1v) is 8.85. The van der Waals surface area contributed by atoms with Crippen molar-refractivity contribution in [1.29, 1.82) is 0 Å². The van der Waals surface area contributed by atoms with Crippen LogP contribution in [0.1, 0.15) is 48.1 Å². The van der Waals surface area contributed by atoms with Crippen molar-refractivity contribution in [3.63, 3.8) is 0 Å². The SMILES string of the molecule is CCOCCCc1cc(C)c(-c2cccc(CC)c2C)c(C)c1. The Morgan fingerprint density at radius 1 is 0.957 bits per heavy atom. The number of rotatable bonds is 7. The molecule has 0 aliphatic carbocycles. The van der Waals surface area contributed by atoms with Gasteiger partial charge in [0.15, 0.2) is 0 Å². The van der Waals surface area contributed by atoms with Crippen molar-refractivity contribution in [2.24, 2.45) is 0 Å². The Hall–Kier alpha value is -1.60. The third-order valence-electron chi connectivity index (χ3n) is 4.65. The molecule has 0 aliphatic heterocycles. The summed E-state index contributed by atoms with van der Waals surface area (Å²) in [5.41, 5.74) is 9.85. The first-order valence-electron chi connectivity index (χ1n) is 8.85. The molecule has 0 radical (unpaired) electrons. The number of hydrogen-bond acceptors (Lipinski definition) is 1. The largest absolute Gasteiger partial charge is 0.382 e. The zero-order chi connectivity index (χ0) is 16.8. The van der Waals surface area contributed by atoms with Crippen LogP contribution in [0.15, 0.2) is 30.3 Å². The van der Waals surface area contributed by atoms with Crippen LogP contribution in [0.2, 0.25) is 0 Å². The highest BCUT2D eigenvalue weighted by Gasteiger charge is 2.11. The van der Waals surface area contributed by atoms with Gasteiger partial charge in [0.25, 0.3) is 0 Å². The lowest BCUT2D eigenvalue weighted by Gasteiger charge is -2.17. The third kappa shape index (κ3) is 4.23. The topological polar surface area (TPSA) is 9.23 Å². The molecule has 0 aliphatic rings. The van der Waals surface area contributed by atoms with E-state index in [0.29, 0.717) is 0 Å². The van der Waals surface area contributed by atoms with Crippen LogP contribution in [0.25, 0.3) is 11.1 Å². The first kappa shape index (κ1) is 17.7. The fourth-order valence-electron chi connectivity index (χ4n) is 3.48. The van der Waals surface area contributed by atoms with E-state index in [4.69, 9.17) is 4.74 Å². The minimum absolute atomic E-state index is 0.810. The van der Waals surface area contributed by atoms with Gasteiger partial charge in [-0.15, -0.1) is 0 Å². The van der Waals surface area contributed by atoms with E-state index < -0.39 is 0 Å². The lowest BCUT2D eigenvalue weighted by Crippen LogP contribution is -1.99. The van der Waals surface area contributed by atoms with E-state index in [0.717, 1.165) is 32.5 Å². The van der Waals surface area contributed by atoms with Gasteiger partial charge in [-0.3, -0.25) is 0 Å². The molecule has 2 aromatic carbocycles. The predicted molar refractivity (Wildman–Crippen MR) is 100 cm³/mol. The monoisotopic (exact) mass is 310 g/mol. The van der Waals surface area contributed by atoms with Crippen molar-refractivity contribution in [2.45, 2.75) is 53.9 Å². The predicted octanol–water partition coefficient (Wildman–Crippen LogP) is 5.81. The van der Waals surface area contributed by atoms with Crippen LogP contribution in [-0.4, -0.2) is 13.2 Å². The van der Waals surface area contributed by atoms with Gasteiger partial charge >= 0.3 is 0 Å². The summed E-state index contributed by atoms with van der Waals surface area (Å²) < 4.78 is 5.45. The molecule has 0 N–H and O–H groups in total. The van der Waals surface area contributed by atoms with Crippen molar-refractivity contribution in [1.82, 2.24) is 0 Å². The molecule has 0 unspecified atom stereocenters. The normalized spacial score (nSPS) is 11.0. The summed E-state index contributed by atoms with van der Waals surface area (Å²) in [4.78, 5) is 0. The average molecular weight is 310 g/mol. The number of aryl methyl sites for hydroxylation is 4. The Bertz CT molecular complexity index is 632. The zero-order valence-electron chi connectivity index (χ0n) is 15.3. The van der Waals surface area contributed by atoms with Crippen molar-refractivity contribution < 1.29 is 4.74 Å². The molecule has 0 saturated heterocycles. The van der Waals surface area contributed by atoms with Crippen molar-refractivity contribution >= 4 is 0 Å². The minimum Gasteiger partial charge on any atom is -0.382 e. The van der Waals surface area contributed by atoms with Crippen LogP contribution >= 0.6 is 0 Å². The first-order chi connectivity index (χ1) is 11.1. The van der Waals surface area contributed by atoms with Gasteiger partial charge in [0.05, 0.1) is 0 Å². The Kier molecular flexibility index (Phi) is 6.41. The quantitative estimate of drug-likeness (QED) is 0.586. The average Bonchev–Trinajstić information content (AvgIpc) is 2.52. The maximum Gasteiger partial charge on any atom is 0.0469 e. The van der Waals surface area contributed by atoms with E-state index in [-0.39, 0.29) is 0 Å². The summed E-state index contributed by atoms with van der Waals surface area (Å²) in [6.45, 7) is 12.7. The summed E-state index contributed by atoms with van der Waals surface area (Å²) in [7, 11) is 0. The van der Waals surface area contributed by atoms with Gasteiger partial charge in [-0.1, -0.05) is 37.3 Å². The lowest BCUT2D eigenvalue weighted by molar-refractivity contribution is 0.145. The summed E-state index contributed by atoms with van der Waals surface area (Å²) in [6.07, 6.45) is 3.28. The second-order valence-electron chi connectivity index (χ2n) is 6.35. The lowest BCUT2D eigenvalue weighted by atomic mass is 9.88. The van der Waals surface area contributed by atoms with Gasteiger partial charge in [-0.05, 0) is 85.9 Å². The molecule has 23 heavy (non-hydrogen) atoms. The van der Waals surface area contributed by atoms with Crippen molar-refractivity contribution in [2.75, 3.05) is 13.2 Å². The smallest absolute Gasteiger partial charge is 0.0469 e. The van der Waals surface area contributed by atoms with Crippen LogP contribution in [0.5, 0.6) is 0 Å². The Morgan fingerprint density at radius 3 is 2.26 bits per heavy atom. The molecule has 0 heterocycles. The van der Waals surface area contributed by atoms with Crippen LogP contribution in [0.4, 0.5) is 0 Å². The molecule has 2 aromatic rings. The van der Waals surface area contributed by atoms with E-state index in [9.17, 15) is 0 Å². The molecule has 0 saturated carbocycles. The van der Waals surface area contributed by atoms with Crippen LogP contribution in [-0.2, 0) is 17.6 Å². The number of hydrogen-bond donors (Lipinski definition) is 0. The number of ether oxygens (including phenoxy) is 1. The van der Waals surface area contributed by atoms with Crippen molar-refractivity contribution in [3.05, 3.63) is 58.1 Å². The van der Waals surface area contributed by atoms with Gasteiger partial charge < -0.3 is 4.74 Å². The summed E-state index contributed by atoms with van der Waals surface area (Å²) in [5, 5.41) is 0. The molecule has 0 spiro atoms. The fraction of sp³-hybridized carbons (Fsp3) is 0.455. The summed E-state index contributed by atoms with van der Waals surface area (Å²) >= 11 is 0. The molecule has 0 aromatic heterocycles. The highest BCUT2D eigenvalue weighted by atomic mass is 16.5. The standard InChI is InChI=1S/C22H30O/c1-6-20-11-8-12-21(18(20)5)22-16(3)14-19(15-17(22)4)10-9-13-23-7-2/h8,11-12,14-15H,6-7,9-10,13H2,1-5H3. The Morgan fingerprint density at radius 2 is 1.65 bits per heavy atom. The van der Waals surface area contributed by atoms with Gasteiger partial charge in [-0.25, -0.2) is 0 Å². The maximum atomic E-state index is 5.45. The van der Waals surface area contributed by atoms with Crippen molar-refractivity contribution in [3.8, 4) is 11.1 Å².